The second-order valence-corrected chi connectivity index (χ2v) is 9.12. The van der Waals surface area contributed by atoms with Gasteiger partial charge in [-0.05, 0) is 68.0 Å². The van der Waals surface area contributed by atoms with Gasteiger partial charge < -0.3 is 9.88 Å². The molecule has 34 heavy (non-hydrogen) atoms. The summed E-state index contributed by atoms with van der Waals surface area (Å²) in [4.78, 5) is 40.4. The number of nitrogens with one attached hydrogen (secondary N) is 1. The van der Waals surface area contributed by atoms with Crippen molar-refractivity contribution in [1.82, 2.24) is 14.8 Å². The lowest BCUT2D eigenvalue weighted by molar-refractivity contribution is -0.131. The molecule has 6 nitrogen and oxygen atoms in total. The molecular weight excluding hydrogens is 433 g/mol. The van der Waals surface area contributed by atoms with Crippen LogP contribution in [-0.2, 0) is 29.7 Å². The van der Waals surface area contributed by atoms with Gasteiger partial charge in [0.2, 0.25) is 0 Å². The molecule has 0 bridgehead atoms. The summed E-state index contributed by atoms with van der Waals surface area (Å²) in [7, 11) is 0. The molecule has 0 unspecified atom stereocenters. The lowest BCUT2D eigenvalue weighted by Crippen LogP contribution is -2.42. The molecule has 174 valence electrons. The Morgan fingerprint density at radius 3 is 2.59 bits per heavy atom. The van der Waals surface area contributed by atoms with Gasteiger partial charge in [0.25, 0.3) is 5.91 Å². The summed E-state index contributed by atoms with van der Waals surface area (Å²) < 4.78 is 15.2. The number of ketones is 1. The average Bonchev–Trinajstić information content (AvgIpc) is 3.42. The van der Waals surface area contributed by atoms with Gasteiger partial charge >= 0.3 is 6.03 Å². The van der Waals surface area contributed by atoms with Gasteiger partial charge in [0, 0.05) is 23.5 Å². The number of fused-ring (bicyclic) bond motifs is 2. The van der Waals surface area contributed by atoms with E-state index in [4.69, 9.17) is 0 Å². The maximum Gasteiger partial charge on any atom is 0.325 e. The van der Waals surface area contributed by atoms with Crippen LogP contribution in [0.1, 0.15) is 44.9 Å². The number of halogens is 1. The van der Waals surface area contributed by atoms with Crippen LogP contribution < -0.4 is 5.32 Å². The fourth-order valence-corrected chi connectivity index (χ4v) is 5.28. The summed E-state index contributed by atoms with van der Waals surface area (Å²) in [6.45, 7) is 4.13. The van der Waals surface area contributed by atoms with E-state index < -0.39 is 11.6 Å². The van der Waals surface area contributed by atoms with Crippen LogP contribution in [0.3, 0.4) is 0 Å². The zero-order chi connectivity index (χ0) is 24.0. The molecular formula is C27H26FN3O3. The van der Waals surface area contributed by atoms with Crippen molar-refractivity contribution in [3.8, 4) is 0 Å². The number of hydrogen-bond donors (Lipinski definition) is 1. The Bertz CT molecular complexity index is 1310. The van der Waals surface area contributed by atoms with E-state index in [0.717, 1.165) is 33.0 Å². The van der Waals surface area contributed by atoms with E-state index in [-0.39, 0.29) is 24.1 Å². The molecule has 7 heteroatoms. The van der Waals surface area contributed by atoms with Crippen molar-refractivity contribution >= 4 is 17.7 Å². The van der Waals surface area contributed by atoms with Crippen LogP contribution in [0.15, 0.2) is 54.6 Å². The fourth-order valence-electron chi connectivity index (χ4n) is 5.28. The van der Waals surface area contributed by atoms with Crippen LogP contribution in [0, 0.1) is 19.7 Å². The highest BCUT2D eigenvalue weighted by Crippen LogP contribution is 2.41. The topological polar surface area (TPSA) is 71.4 Å². The molecule has 1 aliphatic heterocycles. The second-order valence-electron chi connectivity index (χ2n) is 9.12. The summed E-state index contributed by atoms with van der Waals surface area (Å²) in [5.74, 6) is -0.901. The van der Waals surface area contributed by atoms with E-state index in [2.05, 4.69) is 5.32 Å². The molecule has 1 fully saturated rings. The molecule has 1 saturated heterocycles. The third-order valence-corrected chi connectivity index (χ3v) is 7.14. The van der Waals surface area contributed by atoms with Crippen molar-refractivity contribution in [3.05, 3.63) is 94.1 Å². The maximum atomic E-state index is 13.4. The number of carbonyl (C=O) groups excluding carboxylic acids is 3. The van der Waals surface area contributed by atoms with Crippen molar-refractivity contribution in [2.24, 2.45) is 0 Å². The number of Topliss-reactive ketones (excluding diaryl/α,β-unsaturated/α-hetero) is 1. The first kappa shape index (κ1) is 22.1. The number of imide groups is 1. The molecule has 0 saturated carbocycles. The minimum Gasteiger partial charge on any atom is -0.348 e. The zero-order valence-electron chi connectivity index (χ0n) is 19.2. The van der Waals surface area contributed by atoms with Crippen LogP contribution in [0.25, 0.3) is 0 Å². The molecule has 1 spiro atoms. The lowest BCUT2D eigenvalue weighted by atomic mass is 9.92. The molecule has 0 radical (unpaired) electrons. The second kappa shape index (κ2) is 8.24. The number of carbonyl (C=O) groups is 3. The number of rotatable bonds is 6. The van der Waals surface area contributed by atoms with Crippen LogP contribution in [0.5, 0.6) is 0 Å². The highest BCUT2D eigenvalue weighted by molar-refractivity contribution is 6.12. The molecule has 5 rings (SSSR count). The third kappa shape index (κ3) is 3.52. The Balaban J connectivity index is 1.33. The smallest absolute Gasteiger partial charge is 0.325 e. The van der Waals surface area contributed by atoms with Gasteiger partial charge in [-0.25, -0.2) is 9.18 Å². The minimum absolute atomic E-state index is 0.270. The monoisotopic (exact) mass is 459 g/mol. The minimum atomic E-state index is -1.07. The van der Waals surface area contributed by atoms with Crippen molar-refractivity contribution in [2.45, 2.75) is 45.2 Å². The third-order valence-electron chi connectivity index (χ3n) is 7.14. The molecule has 1 atom stereocenters. The molecule has 3 aromatic rings. The summed E-state index contributed by atoms with van der Waals surface area (Å²) in [5, 5.41) is 2.87. The standard InChI is InChI=1S/C27H26FN3O3/c1-17-15-22(18(2)30(17)14-12-19-7-9-21(28)10-8-19)24(32)16-31-25(33)27(29-26(31)34)13-11-20-5-3-4-6-23(20)27/h3-10,15H,11-14,16H2,1-2H3,(H,29,34)/t27-/m1/s1. The van der Waals surface area contributed by atoms with Gasteiger partial charge in [-0.2, -0.15) is 0 Å². The van der Waals surface area contributed by atoms with Crippen molar-refractivity contribution in [1.29, 1.82) is 0 Å². The molecule has 2 heterocycles. The fraction of sp³-hybridized carbons (Fsp3) is 0.296. The highest BCUT2D eigenvalue weighted by Gasteiger charge is 2.55. The molecule has 2 aliphatic rings. The Kier molecular flexibility index (Phi) is 5.35. The molecule has 1 N–H and O–H groups in total. The lowest BCUT2D eigenvalue weighted by Gasteiger charge is -2.22. The first-order chi connectivity index (χ1) is 16.3. The predicted octanol–water partition coefficient (Wildman–Crippen LogP) is 4.06. The van der Waals surface area contributed by atoms with Gasteiger partial charge in [-0.15, -0.1) is 0 Å². The van der Waals surface area contributed by atoms with Crippen LogP contribution in [0.4, 0.5) is 9.18 Å². The number of hydrogen-bond acceptors (Lipinski definition) is 3. The molecule has 1 aliphatic carbocycles. The number of urea groups is 1. The largest absolute Gasteiger partial charge is 0.348 e. The number of aryl methyl sites for hydroxylation is 3. The summed E-state index contributed by atoms with van der Waals surface area (Å²) in [6.07, 6.45) is 1.90. The van der Waals surface area contributed by atoms with Crippen molar-refractivity contribution in [2.75, 3.05) is 6.54 Å². The Labute approximate surface area is 197 Å². The SMILES string of the molecule is Cc1cc(C(=O)CN2C(=O)N[C@@]3(CCc4ccccc43)C2=O)c(C)n1CCc1ccc(F)cc1. The number of nitrogens with zero attached hydrogens (tertiary/aromatic N) is 2. The van der Waals surface area contributed by atoms with Crippen LogP contribution >= 0.6 is 0 Å². The Morgan fingerprint density at radius 2 is 1.82 bits per heavy atom. The van der Waals surface area contributed by atoms with Crippen molar-refractivity contribution < 1.29 is 18.8 Å². The first-order valence-corrected chi connectivity index (χ1v) is 11.5. The van der Waals surface area contributed by atoms with Gasteiger partial charge in [0.1, 0.15) is 11.4 Å². The van der Waals surface area contributed by atoms with E-state index in [1.165, 1.54) is 12.1 Å². The van der Waals surface area contributed by atoms with E-state index in [9.17, 15) is 18.8 Å². The van der Waals surface area contributed by atoms with Gasteiger partial charge in [0.05, 0.1) is 6.54 Å². The zero-order valence-corrected chi connectivity index (χ0v) is 19.2. The average molecular weight is 460 g/mol. The first-order valence-electron chi connectivity index (χ1n) is 11.5. The van der Waals surface area contributed by atoms with Gasteiger partial charge in [-0.1, -0.05) is 36.4 Å². The Hall–Kier alpha value is -3.74. The normalized spacial score (nSPS) is 19.1. The van der Waals surface area contributed by atoms with Crippen LogP contribution in [-0.4, -0.2) is 33.7 Å². The van der Waals surface area contributed by atoms with Crippen molar-refractivity contribution in [3.63, 3.8) is 0 Å². The van der Waals surface area contributed by atoms with Gasteiger partial charge in [-0.3, -0.25) is 14.5 Å². The predicted molar refractivity (Wildman–Crippen MR) is 125 cm³/mol. The maximum absolute atomic E-state index is 13.4. The summed E-state index contributed by atoms with van der Waals surface area (Å²) >= 11 is 0. The van der Waals surface area contributed by atoms with Crippen LogP contribution in [0.2, 0.25) is 0 Å². The summed E-state index contributed by atoms with van der Waals surface area (Å²) in [5.41, 5.74) is 4.02. The number of aromatic nitrogens is 1. The number of amides is 3. The van der Waals surface area contributed by atoms with Gasteiger partial charge in [0.15, 0.2) is 5.78 Å². The highest BCUT2D eigenvalue weighted by atomic mass is 19.1. The summed E-state index contributed by atoms with van der Waals surface area (Å²) in [6, 6.07) is 15.3. The van der Waals surface area contributed by atoms with E-state index >= 15 is 0 Å². The van der Waals surface area contributed by atoms with E-state index in [1.54, 1.807) is 18.2 Å². The van der Waals surface area contributed by atoms with E-state index in [1.807, 2.05) is 42.7 Å². The molecule has 2 aromatic carbocycles. The van der Waals surface area contributed by atoms with E-state index in [0.29, 0.717) is 31.4 Å². The molecule has 1 aromatic heterocycles. The Morgan fingerprint density at radius 1 is 1.09 bits per heavy atom. The quantitative estimate of drug-likeness (QED) is 0.446. The number of benzene rings is 2. The molecule has 3 amide bonds.